The SMILES string of the molecule is CC(NC(=O)NC(C)c1ccc2c(c1)OCCO2)c1ccc(Br)cc1. The van der Waals surface area contributed by atoms with Crippen molar-refractivity contribution in [3.05, 3.63) is 58.1 Å². The van der Waals surface area contributed by atoms with Crippen LogP contribution < -0.4 is 20.1 Å². The number of hydrogen-bond acceptors (Lipinski definition) is 3. The fourth-order valence-corrected chi connectivity index (χ4v) is 2.95. The standard InChI is InChI=1S/C19H21BrN2O3/c1-12(14-3-6-16(20)7-4-14)21-19(23)22-13(2)15-5-8-17-18(11-15)25-10-9-24-17/h3-8,11-13H,9-10H2,1-2H3,(H2,21,22,23). The van der Waals surface area contributed by atoms with Gasteiger partial charge in [-0.05, 0) is 49.2 Å². The largest absolute Gasteiger partial charge is 0.486 e. The van der Waals surface area contributed by atoms with E-state index in [2.05, 4.69) is 26.6 Å². The van der Waals surface area contributed by atoms with Crippen LogP contribution in [0.4, 0.5) is 4.79 Å². The van der Waals surface area contributed by atoms with Crippen LogP contribution in [-0.4, -0.2) is 19.2 Å². The van der Waals surface area contributed by atoms with Crippen molar-refractivity contribution in [1.82, 2.24) is 10.6 Å². The predicted octanol–water partition coefficient (Wildman–Crippen LogP) is 4.34. The molecule has 0 aromatic heterocycles. The van der Waals surface area contributed by atoms with E-state index in [1.54, 1.807) is 0 Å². The topological polar surface area (TPSA) is 59.6 Å². The second-order valence-corrected chi connectivity index (χ2v) is 6.93. The van der Waals surface area contributed by atoms with Crippen molar-refractivity contribution in [3.63, 3.8) is 0 Å². The van der Waals surface area contributed by atoms with Crippen molar-refractivity contribution < 1.29 is 14.3 Å². The van der Waals surface area contributed by atoms with Crippen molar-refractivity contribution in [2.45, 2.75) is 25.9 Å². The van der Waals surface area contributed by atoms with E-state index in [0.29, 0.717) is 13.2 Å². The zero-order valence-corrected chi connectivity index (χ0v) is 15.8. The molecule has 6 heteroatoms. The van der Waals surface area contributed by atoms with E-state index in [-0.39, 0.29) is 18.1 Å². The molecule has 0 fully saturated rings. The first-order valence-electron chi connectivity index (χ1n) is 8.25. The predicted molar refractivity (Wildman–Crippen MR) is 100 cm³/mol. The van der Waals surface area contributed by atoms with Gasteiger partial charge in [0.1, 0.15) is 13.2 Å². The Morgan fingerprint density at radius 1 is 0.920 bits per heavy atom. The molecule has 5 nitrogen and oxygen atoms in total. The van der Waals surface area contributed by atoms with Crippen LogP contribution in [0, 0.1) is 0 Å². The van der Waals surface area contributed by atoms with Crippen LogP contribution >= 0.6 is 15.9 Å². The monoisotopic (exact) mass is 404 g/mol. The molecule has 2 unspecified atom stereocenters. The molecule has 3 rings (SSSR count). The van der Waals surface area contributed by atoms with E-state index in [0.717, 1.165) is 27.1 Å². The minimum atomic E-state index is -0.210. The highest BCUT2D eigenvalue weighted by atomic mass is 79.9. The van der Waals surface area contributed by atoms with Gasteiger partial charge in [0.05, 0.1) is 12.1 Å². The molecule has 1 heterocycles. The quantitative estimate of drug-likeness (QED) is 0.796. The third-order valence-corrected chi connectivity index (χ3v) is 4.66. The van der Waals surface area contributed by atoms with E-state index < -0.39 is 0 Å². The van der Waals surface area contributed by atoms with E-state index in [9.17, 15) is 4.79 Å². The highest BCUT2D eigenvalue weighted by molar-refractivity contribution is 9.10. The molecule has 0 aliphatic carbocycles. The summed E-state index contributed by atoms with van der Waals surface area (Å²) >= 11 is 3.41. The minimum Gasteiger partial charge on any atom is -0.486 e. The van der Waals surface area contributed by atoms with Gasteiger partial charge in [0, 0.05) is 4.47 Å². The number of carbonyl (C=O) groups excluding carboxylic acids is 1. The molecule has 2 N–H and O–H groups in total. The lowest BCUT2D eigenvalue weighted by Gasteiger charge is -2.22. The molecule has 132 valence electrons. The summed E-state index contributed by atoms with van der Waals surface area (Å²) < 4.78 is 12.1. The average Bonchev–Trinajstić information content (AvgIpc) is 2.61. The van der Waals surface area contributed by atoms with Crippen LogP contribution in [0.25, 0.3) is 0 Å². The number of urea groups is 1. The van der Waals surface area contributed by atoms with E-state index >= 15 is 0 Å². The summed E-state index contributed by atoms with van der Waals surface area (Å²) in [6.07, 6.45) is 0. The fraction of sp³-hybridized carbons (Fsp3) is 0.316. The lowest BCUT2D eigenvalue weighted by Crippen LogP contribution is -2.38. The van der Waals surface area contributed by atoms with Gasteiger partial charge in [0.15, 0.2) is 11.5 Å². The molecule has 0 radical (unpaired) electrons. The van der Waals surface area contributed by atoms with Gasteiger partial charge >= 0.3 is 6.03 Å². The van der Waals surface area contributed by atoms with Crippen LogP contribution in [0.15, 0.2) is 46.9 Å². The van der Waals surface area contributed by atoms with Crippen LogP contribution in [0.3, 0.4) is 0 Å². The Morgan fingerprint density at radius 3 is 2.16 bits per heavy atom. The number of benzene rings is 2. The molecule has 2 aromatic rings. The number of carbonyl (C=O) groups is 1. The van der Waals surface area contributed by atoms with Gasteiger partial charge in [0.2, 0.25) is 0 Å². The minimum absolute atomic E-state index is 0.0828. The molecule has 0 saturated heterocycles. The Bertz CT molecular complexity index is 749. The van der Waals surface area contributed by atoms with Crippen molar-refractivity contribution in [2.24, 2.45) is 0 Å². The van der Waals surface area contributed by atoms with Crippen LogP contribution in [0.5, 0.6) is 11.5 Å². The Hall–Kier alpha value is -2.21. The molecule has 1 aliphatic heterocycles. The first-order valence-corrected chi connectivity index (χ1v) is 9.04. The summed E-state index contributed by atoms with van der Waals surface area (Å²) in [6, 6.07) is 13.2. The summed E-state index contributed by atoms with van der Waals surface area (Å²) in [4.78, 5) is 12.3. The second kappa shape index (κ2) is 7.78. The zero-order chi connectivity index (χ0) is 17.8. The smallest absolute Gasteiger partial charge is 0.315 e. The van der Waals surface area contributed by atoms with Gasteiger partial charge in [-0.25, -0.2) is 4.79 Å². The first kappa shape index (κ1) is 17.6. The molecular weight excluding hydrogens is 384 g/mol. The average molecular weight is 405 g/mol. The molecule has 25 heavy (non-hydrogen) atoms. The van der Waals surface area contributed by atoms with Crippen LogP contribution in [-0.2, 0) is 0 Å². The van der Waals surface area contributed by atoms with Crippen molar-refractivity contribution in [2.75, 3.05) is 13.2 Å². The van der Waals surface area contributed by atoms with Crippen LogP contribution in [0.2, 0.25) is 0 Å². The van der Waals surface area contributed by atoms with Crippen molar-refractivity contribution in [1.29, 1.82) is 0 Å². The number of fused-ring (bicyclic) bond motifs is 1. The van der Waals surface area contributed by atoms with E-state index in [1.165, 1.54) is 0 Å². The highest BCUT2D eigenvalue weighted by Gasteiger charge is 2.17. The Kier molecular flexibility index (Phi) is 5.48. The van der Waals surface area contributed by atoms with Crippen LogP contribution in [0.1, 0.15) is 37.1 Å². The second-order valence-electron chi connectivity index (χ2n) is 6.02. The lowest BCUT2D eigenvalue weighted by atomic mass is 10.1. The van der Waals surface area contributed by atoms with E-state index in [4.69, 9.17) is 9.47 Å². The maximum atomic E-state index is 12.3. The van der Waals surface area contributed by atoms with Crippen molar-refractivity contribution >= 4 is 22.0 Å². The lowest BCUT2D eigenvalue weighted by molar-refractivity contribution is 0.171. The zero-order valence-electron chi connectivity index (χ0n) is 14.2. The summed E-state index contributed by atoms with van der Waals surface area (Å²) in [7, 11) is 0. The molecule has 2 atom stereocenters. The number of ether oxygens (including phenoxy) is 2. The van der Waals surface area contributed by atoms with Gasteiger partial charge in [-0.1, -0.05) is 34.1 Å². The van der Waals surface area contributed by atoms with Gasteiger partial charge < -0.3 is 20.1 Å². The number of amides is 2. The fourth-order valence-electron chi connectivity index (χ4n) is 2.68. The molecular formula is C19H21BrN2O3. The molecule has 2 aromatic carbocycles. The maximum Gasteiger partial charge on any atom is 0.315 e. The third kappa shape index (κ3) is 4.45. The van der Waals surface area contributed by atoms with Gasteiger partial charge in [-0.3, -0.25) is 0 Å². The van der Waals surface area contributed by atoms with Gasteiger partial charge in [-0.2, -0.15) is 0 Å². The van der Waals surface area contributed by atoms with Gasteiger partial charge in [-0.15, -0.1) is 0 Å². The van der Waals surface area contributed by atoms with E-state index in [1.807, 2.05) is 56.3 Å². The summed E-state index contributed by atoms with van der Waals surface area (Å²) in [5.74, 6) is 1.47. The first-order chi connectivity index (χ1) is 12.0. The number of halogens is 1. The third-order valence-electron chi connectivity index (χ3n) is 4.13. The normalized spacial score (nSPS) is 15.2. The number of rotatable bonds is 4. The molecule has 0 bridgehead atoms. The summed E-state index contributed by atoms with van der Waals surface area (Å²) in [5, 5.41) is 5.92. The molecule has 1 aliphatic rings. The molecule has 2 amide bonds. The molecule has 0 saturated carbocycles. The maximum absolute atomic E-state index is 12.3. The number of hydrogen-bond donors (Lipinski definition) is 2. The Balaban J connectivity index is 1.59. The summed E-state index contributed by atoms with van der Waals surface area (Å²) in [5.41, 5.74) is 2.01. The highest BCUT2D eigenvalue weighted by Crippen LogP contribution is 2.32. The Morgan fingerprint density at radius 2 is 1.48 bits per heavy atom. The number of nitrogens with one attached hydrogen (secondary N) is 2. The molecule has 0 spiro atoms. The Labute approximate surface area is 155 Å². The van der Waals surface area contributed by atoms with Gasteiger partial charge in [0.25, 0.3) is 0 Å². The summed E-state index contributed by atoms with van der Waals surface area (Å²) in [6.45, 7) is 5.01. The van der Waals surface area contributed by atoms with Crippen molar-refractivity contribution in [3.8, 4) is 11.5 Å².